The van der Waals surface area contributed by atoms with Crippen LogP contribution in [0.5, 0.6) is 0 Å². The number of carbonyl (C=O) groups is 1. The molecule has 0 spiro atoms. The standard InChI is InChI=1S/C20H20N2O3/c1-15-12-19(23)18(13-21-15)20(24)22(14-17-8-5-11-25-17)10-9-16-6-3-2-4-7-16/h2-8,11-13H,9-10,14H2,1H3,(H,21,23). The summed E-state index contributed by atoms with van der Waals surface area (Å²) in [7, 11) is 0. The lowest BCUT2D eigenvalue weighted by Gasteiger charge is -2.21. The topological polar surface area (TPSA) is 66.3 Å². The van der Waals surface area contributed by atoms with Gasteiger partial charge in [0.1, 0.15) is 11.3 Å². The van der Waals surface area contributed by atoms with E-state index in [-0.39, 0.29) is 16.9 Å². The summed E-state index contributed by atoms with van der Waals surface area (Å²) in [6, 6.07) is 15.0. The molecule has 1 amide bonds. The molecule has 0 radical (unpaired) electrons. The van der Waals surface area contributed by atoms with Gasteiger partial charge in [-0.1, -0.05) is 30.3 Å². The Kier molecular flexibility index (Phi) is 5.14. The van der Waals surface area contributed by atoms with Gasteiger partial charge in [-0.3, -0.25) is 9.59 Å². The molecule has 0 fully saturated rings. The molecule has 0 bridgehead atoms. The second-order valence-electron chi connectivity index (χ2n) is 5.94. The molecule has 1 aromatic carbocycles. The van der Waals surface area contributed by atoms with Crippen molar-refractivity contribution in [3.8, 4) is 0 Å². The van der Waals surface area contributed by atoms with Crippen LogP contribution in [0.1, 0.15) is 27.4 Å². The maximum Gasteiger partial charge on any atom is 0.259 e. The molecule has 0 saturated heterocycles. The van der Waals surface area contributed by atoms with Crippen LogP contribution in [0.2, 0.25) is 0 Å². The number of hydrogen-bond donors (Lipinski definition) is 1. The number of amides is 1. The minimum Gasteiger partial charge on any atom is -0.467 e. The number of aromatic amines is 1. The van der Waals surface area contributed by atoms with Crippen LogP contribution in [0, 0.1) is 6.92 Å². The Morgan fingerprint density at radius 1 is 1.16 bits per heavy atom. The first-order valence-corrected chi connectivity index (χ1v) is 8.18. The van der Waals surface area contributed by atoms with E-state index in [1.807, 2.05) is 36.4 Å². The summed E-state index contributed by atoms with van der Waals surface area (Å²) < 4.78 is 5.37. The molecular weight excluding hydrogens is 316 g/mol. The molecule has 2 aromatic heterocycles. The summed E-state index contributed by atoms with van der Waals surface area (Å²) >= 11 is 0. The lowest BCUT2D eigenvalue weighted by molar-refractivity contribution is 0.0732. The van der Waals surface area contributed by atoms with Crippen LogP contribution in [-0.4, -0.2) is 22.3 Å². The van der Waals surface area contributed by atoms with Crippen LogP contribution in [0.15, 0.2) is 70.2 Å². The number of nitrogens with zero attached hydrogens (tertiary/aromatic N) is 1. The summed E-state index contributed by atoms with van der Waals surface area (Å²) in [6.07, 6.45) is 3.77. The monoisotopic (exact) mass is 336 g/mol. The summed E-state index contributed by atoms with van der Waals surface area (Å²) in [6.45, 7) is 2.61. The maximum atomic E-state index is 12.9. The first-order chi connectivity index (χ1) is 12.1. The highest BCUT2D eigenvalue weighted by Crippen LogP contribution is 2.11. The van der Waals surface area contributed by atoms with Crippen LogP contribution in [0.3, 0.4) is 0 Å². The van der Waals surface area contributed by atoms with Crippen LogP contribution >= 0.6 is 0 Å². The molecule has 0 aliphatic heterocycles. The Bertz CT molecular complexity index is 883. The number of H-pyrrole nitrogens is 1. The third-order valence-electron chi connectivity index (χ3n) is 4.01. The van der Waals surface area contributed by atoms with Crippen molar-refractivity contribution in [2.45, 2.75) is 19.9 Å². The lowest BCUT2D eigenvalue weighted by atomic mass is 10.1. The fourth-order valence-corrected chi connectivity index (χ4v) is 2.66. The van der Waals surface area contributed by atoms with Gasteiger partial charge in [-0.25, -0.2) is 0 Å². The molecule has 0 atom stereocenters. The van der Waals surface area contributed by atoms with Crippen molar-refractivity contribution in [3.63, 3.8) is 0 Å². The first-order valence-electron chi connectivity index (χ1n) is 8.18. The maximum absolute atomic E-state index is 12.9. The third-order valence-corrected chi connectivity index (χ3v) is 4.01. The van der Waals surface area contributed by atoms with Gasteiger partial charge in [0.25, 0.3) is 5.91 Å². The van der Waals surface area contributed by atoms with Gasteiger partial charge >= 0.3 is 0 Å². The van der Waals surface area contributed by atoms with Gasteiger partial charge in [0.15, 0.2) is 5.43 Å². The average Bonchev–Trinajstić information content (AvgIpc) is 3.12. The van der Waals surface area contributed by atoms with Crippen molar-refractivity contribution in [2.75, 3.05) is 6.54 Å². The molecule has 0 unspecified atom stereocenters. The number of furan rings is 1. The normalized spacial score (nSPS) is 10.6. The zero-order valence-corrected chi connectivity index (χ0v) is 14.1. The van der Waals surface area contributed by atoms with E-state index in [0.29, 0.717) is 25.3 Å². The highest BCUT2D eigenvalue weighted by molar-refractivity contribution is 5.93. The Morgan fingerprint density at radius 3 is 2.64 bits per heavy atom. The Hall–Kier alpha value is -3.08. The smallest absolute Gasteiger partial charge is 0.259 e. The van der Waals surface area contributed by atoms with E-state index in [4.69, 9.17) is 4.42 Å². The predicted octanol–water partition coefficient (Wildman–Crippen LogP) is 3.16. The van der Waals surface area contributed by atoms with Gasteiger partial charge in [0.05, 0.1) is 12.8 Å². The molecular formula is C20H20N2O3. The van der Waals surface area contributed by atoms with Gasteiger partial charge in [-0.05, 0) is 31.0 Å². The summed E-state index contributed by atoms with van der Waals surface area (Å²) in [5.41, 5.74) is 1.73. The highest BCUT2D eigenvalue weighted by atomic mass is 16.3. The van der Waals surface area contributed by atoms with E-state index >= 15 is 0 Å². The number of aromatic nitrogens is 1. The number of nitrogens with one attached hydrogen (secondary N) is 1. The van der Waals surface area contributed by atoms with E-state index in [2.05, 4.69) is 4.98 Å². The van der Waals surface area contributed by atoms with Crippen molar-refractivity contribution in [1.29, 1.82) is 0 Å². The van der Waals surface area contributed by atoms with Gasteiger partial charge in [-0.15, -0.1) is 0 Å². The van der Waals surface area contributed by atoms with Gasteiger partial charge in [-0.2, -0.15) is 0 Å². The average molecular weight is 336 g/mol. The summed E-state index contributed by atoms with van der Waals surface area (Å²) in [5, 5.41) is 0. The van der Waals surface area contributed by atoms with Gasteiger partial charge < -0.3 is 14.3 Å². The number of pyridine rings is 1. The Labute approximate surface area is 145 Å². The number of carbonyl (C=O) groups excluding carboxylic acids is 1. The number of benzene rings is 1. The van der Waals surface area contributed by atoms with Crippen molar-refractivity contribution < 1.29 is 9.21 Å². The molecule has 0 aliphatic rings. The minimum atomic E-state index is -0.298. The first kappa shape index (κ1) is 16.8. The Balaban J connectivity index is 1.81. The Morgan fingerprint density at radius 2 is 1.96 bits per heavy atom. The van der Waals surface area contributed by atoms with Crippen molar-refractivity contribution >= 4 is 5.91 Å². The molecule has 0 saturated carbocycles. The number of rotatable bonds is 6. The van der Waals surface area contributed by atoms with E-state index in [9.17, 15) is 9.59 Å². The third kappa shape index (κ3) is 4.26. The van der Waals surface area contributed by atoms with Gasteiger partial charge in [0.2, 0.25) is 0 Å². The van der Waals surface area contributed by atoms with E-state index in [1.165, 1.54) is 12.3 Å². The molecule has 128 valence electrons. The minimum absolute atomic E-state index is 0.144. The zero-order valence-electron chi connectivity index (χ0n) is 14.1. The molecule has 5 nitrogen and oxygen atoms in total. The fourth-order valence-electron chi connectivity index (χ4n) is 2.66. The molecule has 3 aromatic rings. The number of hydrogen-bond acceptors (Lipinski definition) is 3. The predicted molar refractivity (Wildman–Crippen MR) is 95.4 cm³/mol. The van der Waals surface area contributed by atoms with E-state index in [1.54, 1.807) is 24.2 Å². The largest absolute Gasteiger partial charge is 0.467 e. The zero-order chi connectivity index (χ0) is 17.6. The van der Waals surface area contributed by atoms with Crippen LogP contribution in [0.25, 0.3) is 0 Å². The van der Waals surface area contributed by atoms with Crippen molar-refractivity contribution in [2.24, 2.45) is 0 Å². The quantitative estimate of drug-likeness (QED) is 0.752. The molecule has 3 rings (SSSR count). The van der Waals surface area contributed by atoms with Crippen LogP contribution in [0.4, 0.5) is 0 Å². The van der Waals surface area contributed by atoms with Crippen LogP contribution in [-0.2, 0) is 13.0 Å². The summed E-state index contributed by atoms with van der Waals surface area (Å²) in [4.78, 5) is 29.6. The second-order valence-corrected chi connectivity index (χ2v) is 5.94. The lowest BCUT2D eigenvalue weighted by Crippen LogP contribution is -2.35. The van der Waals surface area contributed by atoms with Crippen molar-refractivity contribution in [3.05, 3.63) is 93.8 Å². The second kappa shape index (κ2) is 7.66. The van der Waals surface area contributed by atoms with Crippen molar-refractivity contribution in [1.82, 2.24) is 9.88 Å². The molecule has 2 heterocycles. The van der Waals surface area contributed by atoms with E-state index in [0.717, 1.165) is 11.3 Å². The fraction of sp³-hybridized carbons (Fsp3) is 0.200. The van der Waals surface area contributed by atoms with Crippen LogP contribution < -0.4 is 5.43 Å². The molecule has 1 N–H and O–H groups in total. The highest BCUT2D eigenvalue weighted by Gasteiger charge is 2.20. The molecule has 5 heteroatoms. The molecule has 0 aliphatic carbocycles. The van der Waals surface area contributed by atoms with Gasteiger partial charge in [0, 0.05) is 24.5 Å². The summed E-state index contributed by atoms with van der Waals surface area (Å²) in [5.74, 6) is 0.388. The SMILES string of the molecule is Cc1cc(=O)c(C(=O)N(CCc2ccccc2)Cc2ccco2)c[nH]1. The molecule has 25 heavy (non-hydrogen) atoms. The number of aryl methyl sites for hydroxylation is 1. The van der Waals surface area contributed by atoms with E-state index < -0.39 is 0 Å².